The van der Waals surface area contributed by atoms with Gasteiger partial charge in [0, 0.05) is 0 Å². The number of alkyl halides is 3. The van der Waals surface area contributed by atoms with Crippen LogP contribution in [0.15, 0.2) is 24.3 Å². The van der Waals surface area contributed by atoms with Crippen molar-refractivity contribution in [3.8, 4) is 5.75 Å². The summed E-state index contributed by atoms with van der Waals surface area (Å²) in [5, 5.41) is 10.6. The second kappa shape index (κ2) is 11.8. The molecular weight excluding hydrogens is 515 g/mol. The van der Waals surface area contributed by atoms with E-state index >= 15 is 0 Å². The molecule has 0 radical (unpaired) electrons. The number of esters is 1. The number of rotatable bonds is 3. The molecule has 4 unspecified atom stereocenters. The Morgan fingerprint density at radius 2 is 1.45 bits per heavy atom. The second-order valence-electron chi connectivity index (χ2n) is 10.7. The first-order valence-corrected chi connectivity index (χ1v) is 11.8. The molecule has 1 aromatic carbocycles. The van der Waals surface area contributed by atoms with Gasteiger partial charge in [-0.3, -0.25) is 0 Å². The van der Waals surface area contributed by atoms with Crippen LogP contribution in [-0.4, -0.2) is 76.9 Å². The van der Waals surface area contributed by atoms with E-state index in [1.165, 1.54) is 6.92 Å². The third-order valence-electron chi connectivity index (χ3n) is 4.93. The van der Waals surface area contributed by atoms with Gasteiger partial charge < -0.3 is 28.8 Å². The minimum atomic E-state index is -4.55. The number of nitrogens with zero attached hydrogens (tertiary/aromatic N) is 1. The molecule has 1 aromatic rings. The van der Waals surface area contributed by atoms with Crippen molar-refractivity contribution in [2.24, 2.45) is 0 Å². The first kappa shape index (κ1) is 31.2. The molecule has 0 spiro atoms. The lowest BCUT2D eigenvalue weighted by Crippen LogP contribution is -2.54. The van der Waals surface area contributed by atoms with E-state index in [1.54, 1.807) is 41.5 Å². The molecule has 0 aromatic heterocycles. The molecule has 0 bridgehead atoms. The summed E-state index contributed by atoms with van der Waals surface area (Å²) in [5.74, 6) is -1.10. The lowest BCUT2D eigenvalue weighted by molar-refractivity contribution is -0.160. The van der Waals surface area contributed by atoms with Gasteiger partial charge in [-0.15, -0.1) is 0 Å². The number of benzene rings is 1. The van der Waals surface area contributed by atoms with Crippen LogP contribution in [0, 0.1) is 0 Å². The Labute approximate surface area is 218 Å². The fraction of sp³-hybridized carbons (Fsp3) is 0.640. The Morgan fingerprint density at radius 1 is 0.947 bits per heavy atom. The van der Waals surface area contributed by atoms with E-state index in [-0.39, 0.29) is 5.75 Å². The number of hydrogen-bond donors (Lipinski definition) is 1. The molecule has 13 heteroatoms. The first-order chi connectivity index (χ1) is 17.3. The van der Waals surface area contributed by atoms with E-state index in [9.17, 15) is 32.7 Å². The molecule has 0 aliphatic carbocycles. The molecule has 214 valence electrons. The molecule has 1 aliphatic rings. The summed E-state index contributed by atoms with van der Waals surface area (Å²) in [6, 6.07) is 2.10. The minimum absolute atomic E-state index is 0.0233. The Bertz CT molecular complexity index is 956. The summed E-state index contributed by atoms with van der Waals surface area (Å²) in [6.07, 6.45) is -10.7. The summed E-state index contributed by atoms with van der Waals surface area (Å²) >= 11 is 0. The number of hydrogen-bond acceptors (Lipinski definition) is 9. The normalized spacial score (nSPS) is 23.3. The molecule has 10 nitrogen and oxygen atoms in total. The van der Waals surface area contributed by atoms with Crippen LogP contribution >= 0.6 is 0 Å². The number of ether oxygens (including phenoxy) is 5. The minimum Gasteiger partial charge on any atom is -0.484 e. The van der Waals surface area contributed by atoms with Crippen molar-refractivity contribution in [2.75, 3.05) is 13.2 Å². The number of carbonyl (C=O) groups excluding carboxylic acids is 3. The Balaban J connectivity index is 2.31. The number of amides is 2. The summed E-state index contributed by atoms with van der Waals surface area (Å²) in [6.45, 7) is 9.80. The van der Waals surface area contributed by atoms with Crippen LogP contribution in [-0.2, 0) is 29.9 Å². The summed E-state index contributed by atoms with van der Waals surface area (Å²) < 4.78 is 65.7. The Kier molecular flexibility index (Phi) is 9.65. The number of aliphatic hydroxyl groups excluding tert-OH is 1. The zero-order chi connectivity index (χ0) is 29.1. The number of cyclic esters (lactones) is 1. The van der Waals surface area contributed by atoms with Crippen LogP contribution in [0.25, 0.3) is 0 Å². The SMILES string of the molecule is CC1OC(=O)C(N(C(=O)OC(C)(C)C)C(=O)OC(C)(C)C)COCC(O)C1Oc1ccc(C(F)(F)F)cc1. The molecule has 4 atom stereocenters. The van der Waals surface area contributed by atoms with E-state index in [0.29, 0.717) is 4.90 Å². The maximum Gasteiger partial charge on any atom is 0.420 e. The zero-order valence-electron chi connectivity index (χ0n) is 22.3. The average molecular weight is 550 g/mol. The highest BCUT2D eigenvalue weighted by atomic mass is 19.4. The highest BCUT2D eigenvalue weighted by Gasteiger charge is 2.44. The van der Waals surface area contributed by atoms with Gasteiger partial charge in [0.05, 0.1) is 18.8 Å². The van der Waals surface area contributed by atoms with E-state index in [2.05, 4.69) is 0 Å². The first-order valence-electron chi connectivity index (χ1n) is 11.8. The fourth-order valence-electron chi connectivity index (χ4n) is 3.29. The van der Waals surface area contributed by atoms with Crippen LogP contribution in [0.2, 0.25) is 0 Å². The van der Waals surface area contributed by atoms with Crippen LogP contribution < -0.4 is 4.74 Å². The van der Waals surface area contributed by atoms with Crippen LogP contribution in [0.5, 0.6) is 5.75 Å². The molecule has 1 heterocycles. The van der Waals surface area contributed by atoms with Crippen LogP contribution in [0.3, 0.4) is 0 Å². The van der Waals surface area contributed by atoms with Gasteiger partial charge in [-0.25, -0.2) is 14.4 Å². The topological polar surface area (TPSA) is 121 Å². The smallest absolute Gasteiger partial charge is 0.420 e. The predicted molar refractivity (Wildman–Crippen MR) is 126 cm³/mol. The van der Waals surface area contributed by atoms with E-state index in [1.807, 2.05) is 0 Å². The maximum absolute atomic E-state index is 13.1. The van der Waals surface area contributed by atoms with Gasteiger partial charge in [0.25, 0.3) is 0 Å². The summed E-state index contributed by atoms with van der Waals surface area (Å²) in [5.41, 5.74) is -2.94. The average Bonchev–Trinajstić information content (AvgIpc) is 2.77. The number of carbonyl (C=O) groups is 3. The second-order valence-corrected chi connectivity index (χ2v) is 10.7. The number of aliphatic hydroxyl groups is 1. The van der Waals surface area contributed by atoms with Gasteiger partial charge in [0.2, 0.25) is 0 Å². The fourth-order valence-corrected chi connectivity index (χ4v) is 3.29. The van der Waals surface area contributed by atoms with Crippen molar-refractivity contribution in [2.45, 2.75) is 90.2 Å². The molecule has 1 N–H and O–H groups in total. The predicted octanol–water partition coefficient (Wildman–Crippen LogP) is 4.32. The molecule has 1 saturated heterocycles. The van der Waals surface area contributed by atoms with Crippen LogP contribution in [0.1, 0.15) is 54.0 Å². The quantitative estimate of drug-likeness (QED) is 0.434. The lowest BCUT2D eigenvalue weighted by atomic mass is 10.1. The third kappa shape index (κ3) is 9.05. The van der Waals surface area contributed by atoms with Gasteiger partial charge in [0.1, 0.15) is 29.2 Å². The van der Waals surface area contributed by atoms with Gasteiger partial charge in [0.15, 0.2) is 12.1 Å². The molecule has 0 saturated carbocycles. The molecule has 38 heavy (non-hydrogen) atoms. The Hall–Kier alpha value is -3.06. The van der Waals surface area contributed by atoms with Gasteiger partial charge in [-0.2, -0.15) is 18.1 Å². The molecule has 1 aliphatic heterocycles. The van der Waals surface area contributed by atoms with Gasteiger partial charge in [-0.05, 0) is 72.7 Å². The zero-order valence-corrected chi connectivity index (χ0v) is 22.3. The summed E-state index contributed by atoms with van der Waals surface area (Å²) in [7, 11) is 0. The van der Waals surface area contributed by atoms with Crippen molar-refractivity contribution < 1.29 is 56.3 Å². The standard InChI is InChI=1S/C25H34F3NO9/c1-14-19(36-16-10-8-15(9-11-16)25(26,27)28)18(30)13-34-12-17(20(31)35-14)29(21(32)37-23(2,3)4)22(33)38-24(5,6)7/h8-11,14,17-19,30H,12-13H2,1-7H3. The lowest BCUT2D eigenvalue weighted by Gasteiger charge is -2.32. The Morgan fingerprint density at radius 3 is 1.89 bits per heavy atom. The van der Waals surface area contributed by atoms with Crippen LogP contribution in [0.4, 0.5) is 22.8 Å². The van der Waals surface area contributed by atoms with Gasteiger partial charge >= 0.3 is 24.3 Å². The molecular formula is C25H34F3NO9. The monoisotopic (exact) mass is 549 g/mol. The molecule has 2 amide bonds. The van der Waals surface area contributed by atoms with Gasteiger partial charge in [-0.1, -0.05) is 0 Å². The maximum atomic E-state index is 13.1. The van der Waals surface area contributed by atoms with E-state index in [0.717, 1.165) is 24.3 Å². The van der Waals surface area contributed by atoms with Crippen molar-refractivity contribution in [1.82, 2.24) is 4.90 Å². The van der Waals surface area contributed by atoms with Crippen molar-refractivity contribution in [3.05, 3.63) is 29.8 Å². The van der Waals surface area contributed by atoms with Crippen molar-refractivity contribution >= 4 is 18.2 Å². The van der Waals surface area contributed by atoms with Crippen molar-refractivity contribution in [1.29, 1.82) is 0 Å². The number of halogens is 3. The summed E-state index contributed by atoms with van der Waals surface area (Å²) in [4.78, 5) is 39.5. The highest BCUT2D eigenvalue weighted by Crippen LogP contribution is 2.31. The number of imide groups is 1. The largest absolute Gasteiger partial charge is 0.484 e. The molecule has 1 fully saturated rings. The molecule has 2 rings (SSSR count). The van der Waals surface area contributed by atoms with E-state index in [4.69, 9.17) is 23.7 Å². The van der Waals surface area contributed by atoms with E-state index < -0.39 is 78.7 Å². The van der Waals surface area contributed by atoms with Crippen molar-refractivity contribution in [3.63, 3.8) is 0 Å². The third-order valence-corrected chi connectivity index (χ3v) is 4.93. The highest BCUT2D eigenvalue weighted by molar-refractivity contribution is 5.94.